The van der Waals surface area contributed by atoms with E-state index in [1.807, 2.05) is 0 Å². The summed E-state index contributed by atoms with van der Waals surface area (Å²) in [5.41, 5.74) is 6.72. The Kier molecular flexibility index (Phi) is 2.98. The lowest BCUT2D eigenvalue weighted by molar-refractivity contribution is 0.332. The first-order valence-corrected chi connectivity index (χ1v) is 6.03. The van der Waals surface area contributed by atoms with E-state index in [0.29, 0.717) is 12.0 Å². The lowest BCUT2D eigenvalue weighted by Crippen LogP contribution is -2.40. The van der Waals surface area contributed by atoms with Crippen LogP contribution >= 0.6 is 0 Å². The molecule has 0 bridgehead atoms. The van der Waals surface area contributed by atoms with Crippen LogP contribution in [-0.4, -0.2) is 5.54 Å². The van der Waals surface area contributed by atoms with Gasteiger partial charge in [-0.2, -0.15) is 0 Å². The van der Waals surface area contributed by atoms with Gasteiger partial charge in [0.1, 0.15) is 11.6 Å². The van der Waals surface area contributed by atoms with Gasteiger partial charge in [0.2, 0.25) is 0 Å². The zero-order valence-electron chi connectivity index (χ0n) is 10.4. The summed E-state index contributed by atoms with van der Waals surface area (Å²) in [6.07, 6.45) is 3.34. The summed E-state index contributed by atoms with van der Waals surface area (Å²) in [4.78, 5) is 0. The minimum atomic E-state index is -0.538. The molecule has 0 saturated heterocycles. The van der Waals surface area contributed by atoms with Crippen LogP contribution in [0.3, 0.4) is 0 Å². The Bertz CT molecular complexity index is 428. The van der Waals surface area contributed by atoms with Crippen LogP contribution in [0.4, 0.5) is 8.78 Å². The Balaban J connectivity index is 2.16. The van der Waals surface area contributed by atoms with Crippen LogP contribution in [0, 0.1) is 17.0 Å². The van der Waals surface area contributed by atoms with E-state index >= 15 is 0 Å². The molecule has 1 atom stereocenters. The van der Waals surface area contributed by atoms with Gasteiger partial charge in [-0.05, 0) is 42.7 Å². The molecule has 2 rings (SSSR count). The predicted molar refractivity (Wildman–Crippen MR) is 64.6 cm³/mol. The van der Waals surface area contributed by atoms with Gasteiger partial charge in [-0.3, -0.25) is 0 Å². The van der Waals surface area contributed by atoms with E-state index in [9.17, 15) is 8.78 Å². The van der Waals surface area contributed by atoms with Crippen molar-refractivity contribution in [2.24, 2.45) is 11.1 Å². The quantitative estimate of drug-likeness (QED) is 0.840. The summed E-state index contributed by atoms with van der Waals surface area (Å²) in [6.45, 7) is 4.37. The highest BCUT2D eigenvalue weighted by molar-refractivity contribution is 5.22. The molecule has 0 radical (unpaired) electrons. The third kappa shape index (κ3) is 2.83. The average Bonchev–Trinajstić information content (AvgIpc) is 2.46. The summed E-state index contributed by atoms with van der Waals surface area (Å²) >= 11 is 0. The number of hydrogen-bond acceptors (Lipinski definition) is 1. The molecule has 1 saturated carbocycles. The van der Waals surface area contributed by atoms with Crippen LogP contribution in [0.15, 0.2) is 18.2 Å². The normalized spacial score (nSPS) is 27.4. The zero-order chi connectivity index (χ0) is 12.7. The first-order valence-electron chi connectivity index (χ1n) is 6.03. The summed E-state index contributed by atoms with van der Waals surface area (Å²) in [5.74, 6) is -1.02. The number of rotatable bonds is 2. The third-order valence-corrected chi connectivity index (χ3v) is 3.69. The highest BCUT2D eigenvalue weighted by atomic mass is 19.1. The molecular formula is C14H19F2N. The molecule has 3 heteroatoms. The second-order valence-corrected chi connectivity index (χ2v) is 6.12. The minimum Gasteiger partial charge on any atom is -0.325 e. The maximum absolute atomic E-state index is 13.6. The first-order chi connectivity index (χ1) is 7.80. The lowest BCUT2D eigenvalue weighted by Gasteiger charge is -2.26. The molecule has 1 aliphatic rings. The molecule has 0 spiro atoms. The van der Waals surface area contributed by atoms with Crippen molar-refractivity contribution in [1.29, 1.82) is 0 Å². The van der Waals surface area contributed by atoms with Gasteiger partial charge in [-0.25, -0.2) is 8.78 Å². The molecule has 1 fully saturated rings. The van der Waals surface area contributed by atoms with E-state index in [1.54, 1.807) is 0 Å². The monoisotopic (exact) mass is 239 g/mol. The SMILES string of the molecule is CC1(C)CCC(N)(Cc2ccc(F)cc2F)C1. The summed E-state index contributed by atoms with van der Waals surface area (Å²) < 4.78 is 26.4. The Hall–Kier alpha value is -0.960. The molecule has 17 heavy (non-hydrogen) atoms. The third-order valence-electron chi connectivity index (χ3n) is 3.69. The standard InChI is InChI=1S/C14H19F2N/c1-13(2)5-6-14(17,9-13)8-10-3-4-11(15)7-12(10)16/h3-4,7H,5-6,8-9,17H2,1-2H3. The Labute approximate surface area is 101 Å². The zero-order valence-corrected chi connectivity index (χ0v) is 10.4. The van der Waals surface area contributed by atoms with Gasteiger partial charge < -0.3 is 5.73 Å². The smallest absolute Gasteiger partial charge is 0.129 e. The molecule has 94 valence electrons. The van der Waals surface area contributed by atoms with Crippen molar-refractivity contribution in [2.75, 3.05) is 0 Å². The second kappa shape index (κ2) is 4.05. The van der Waals surface area contributed by atoms with Crippen molar-refractivity contribution in [3.8, 4) is 0 Å². The summed E-state index contributed by atoms with van der Waals surface area (Å²) in [6, 6.07) is 3.73. The Morgan fingerprint density at radius 2 is 1.94 bits per heavy atom. The van der Waals surface area contributed by atoms with Gasteiger partial charge >= 0.3 is 0 Å². The number of benzene rings is 1. The van der Waals surface area contributed by atoms with Crippen molar-refractivity contribution in [3.63, 3.8) is 0 Å². The molecule has 1 unspecified atom stereocenters. The van der Waals surface area contributed by atoms with Gasteiger partial charge in [-0.15, -0.1) is 0 Å². The van der Waals surface area contributed by atoms with E-state index < -0.39 is 11.6 Å². The van der Waals surface area contributed by atoms with Crippen molar-refractivity contribution in [1.82, 2.24) is 0 Å². The largest absolute Gasteiger partial charge is 0.325 e. The van der Waals surface area contributed by atoms with Crippen LogP contribution in [0.25, 0.3) is 0 Å². The molecule has 1 nitrogen and oxygen atoms in total. The summed E-state index contributed by atoms with van der Waals surface area (Å²) in [5, 5.41) is 0. The topological polar surface area (TPSA) is 26.0 Å². The molecule has 0 aliphatic heterocycles. The Morgan fingerprint density at radius 3 is 2.47 bits per heavy atom. The molecule has 1 aromatic carbocycles. The molecule has 0 heterocycles. The molecule has 1 aliphatic carbocycles. The molecule has 1 aromatic rings. The Morgan fingerprint density at radius 1 is 1.24 bits per heavy atom. The van der Waals surface area contributed by atoms with Crippen molar-refractivity contribution < 1.29 is 8.78 Å². The van der Waals surface area contributed by atoms with Crippen LogP contribution < -0.4 is 5.73 Å². The average molecular weight is 239 g/mol. The van der Waals surface area contributed by atoms with Gasteiger partial charge in [0.15, 0.2) is 0 Å². The fraction of sp³-hybridized carbons (Fsp3) is 0.571. The lowest BCUT2D eigenvalue weighted by atomic mass is 9.84. The number of hydrogen-bond donors (Lipinski definition) is 1. The fourth-order valence-electron chi connectivity index (χ4n) is 2.91. The van der Waals surface area contributed by atoms with E-state index in [-0.39, 0.29) is 11.0 Å². The van der Waals surface area contributed by atoms with Gasteiger partial charge in [0, 0.05) is 11.6 Å². The maximum Gasteiger partial charge on any atom is 0.129 e. The van der Waals surface area contributed by atoms with Crippen LogP contribution in [-0.2, 0) is 6.42 Å². The molecule has 2 N–H and O–H groups in total. The van der Waals surface area contributed by atoms with Crippen LogP contribution in [0.1, 0.15) is 38.7 Å². The van der Waals surface area contributed by atoms with Crippen LogP contribution in [0.5, 0.6) is 0 Å². The molecular weight excluding hydrogens is 220 g/mol. The van der Waals surface area contributed by atoms with E-state index in [4.69, 9.17) is 5.73 Å². The van der Waals surface area contributed by atoms with Gasteiger partial charge in [0.05, 0.1) is 0 Å². The highest BCUT2D eigenvalue weighted by Gasteiger charge is 2.40. The maximum atomic E-state index is 13.6. The number of halogens is 2. The van der Waals surface area contributed by atoms with Gasteiger partial charge in [-0.1, -0.05) is 19.9 Å². The molecule has 0 aromatic heterocycles. The minimum absolute atomic E-state index is 0.227. The fourth-order valence-corrected chi connectivity index (χ4v) is 2.91. The van der Waals surface area contributed by atoms with Gasteiger partial charge in [0.25, 0.3) is 0 Å². The van der Waals surface area contributed by atoms with Crippen molar-refractivity contribution in [2.45, 2.75) is 45.1 Å². The van der Waals surface area contributed by atoms with E-state index in [2.05, 4.69) is 13.8 Å². The number of nitrogens with two attached hydrogens (primary N) is 1. The summed E-state index contributed by atoms with van der Waals surface area (Å²) in [7, 11) is 0. The predicted octanol–water partition coefficient (Wildman–Crippen LogP) is 3.41. The van der Waals surface area contributed by atoms with E-state index in [0.717, 1.165) is 25.3 Å². The van der Waals surface area contributed by atoms with Crippen molar-refractivity contribution in [3.05, 3.63) is 35.4 Å². The first kappa shape index (κ1) is 12.5. The van der Waals surface area contributed by atoms with E-state index in [1.165, 1.54) is 12.1 Å². The second-order valence-electron chi connectivity index (χ2n) is 6.12. The molecule has 0 amide bonds. The van der Waals surface area contributed by atoms with Crippen LogP contribution in [0.2, 0.25) is 0 Å². The highest BCUT2D eigenvalue weighted by Crippen LogP contribution is 2.43. The van der Waals surface area contributed by atoms with Crippen molar-refractivity contribution >= 4 is 0 Å².